The van der Waals surface area contributed by atoms with E-state index in [1.165, 1.54) is 4.21 Å². The maximum Gasteiger partial charge on any atom is 0.130 e. The predicted molar refractivity (Wildman–Crippen MR) is 69.3 cm³/mol. The fourth-order valence-electron chi connectivity index (χ4n) is 1.17. The van der Waals surface area contributed by atoms with E-state index in [9.17, 15) is 0 Å². The van der Waals surface area contributed by atoms with E-state index in [-0.39, 0.29) is 0 Å². The Kier molecular flexibility index (Phi) is 4.18. The van der Waals surface area contributed by atoms with E-state index < -0.39 is 0 Å². The van der Waals surface area contributed by atoms with Crippen LogP contribution in [0.2, 0.25) is 0 Å². The first-order valence-electron chi connectivity index (χ1n) is 5.16. The summed E-state index contributed by atoms with van der Waals surface area (Å²) >= 11 is 3.39. The summed E-state index contributed by atoms with van der Waals surface area (Å²) in [5.74, 6) is 0.899. The number of nitrogens with zero attached hydrogens (tertiary/aromatic N) is 2. The van der Waals surface area contributed by atoms with Crippen LogP contribution in [0.15, 0.2) is 39.1 Å². The molecule has 0 aliphatic carbocycles. The molecule has 2 aromatic rings. The number of hydrogen-bond acceptors (Lipinski definition) is 5. The Labute approximate surface area is 103 Å². The minimum Gasteiger partial charge on any atom is -0.370 e. The molecular weight excluding hydrogens is 238 g/mol. The summed E-state index contributed by atoms with van der Waals surface area (Å²) in [6, 6.07) is 6.13. The predicted octanol–water partition coefficient (Wildman–Crippen LogP) is 3.51. The summed E-state index contributed by atoms with van der Waals surface area (Å²) in [6.07, 6.45) is 2.70. The molecule has 2 rings (SSSR count). The molecule has 1 N–H and O–H groups in total. The van der Waals surface area contributed by atoms with Crippen LogP contribution >= 0.6 is 23.1 Å². The van der Waals surface area contributed by atoms with E-state index in [0.29, 0.717) is 0 Å². The van der Waals surface area contributed by atoms with E-state index in [4.69, 9.17) is 0 Å². The lowest BCUT2D eigenvalue weighted by molar-refractivity contribution is 0.953. The molecule has 0 radical (unpaired) electrons. The topological polar surface area (TPSA) is 37.8 Å². The van der Waals surface area contributed by atoms with Crippen LogP contribution in [0.25, 0.3) is 0 Å². The normalized spacial score (nSPS) is 10.3. The Balaban J connectivity index is 2.04. The van der Waals surface area contributed by atoms with Gasteiger partial charge in [-0.25, -0.2) is 9.97 Å². The molecule has 0 bridgehead atoms. The third-order valence-electron chi connectivity index (χ3n) is 1.90. The zero-order valence-corrected chi connectivity index (χ0v) is 10.6. The molecule has 0 saturated heterocycles. The molecule has 2 heterocycles. The van der Waals surface area contributed by atoms with Crippen molar-refractivity contribution in [1.29, 1.82) is 0 Å². The van der Waals surface area contributed by atoms with Crippen LogP contribution in [0.5, 0.6) is 0 Å². The van der Waals surface area contributed by atoms with Gasteiger partial charge in [-0.1, -0.05) is 24.8 Å². The molecule has 0 aliphatic rings. The van der Waals surface area contributed by atoms with Gasteiger partial charge in [-0.3, -0.25) is 0 Å². The summed E-state index contributed by atoms with van der Waals surface area (Å²) in [6.45, 7) is 3.08. The van der Waals surface area contributed by atoms with Crippen molar-refractivity contribution in [3.63, 3.8) is 0 Å². The monoisotopic (exact) mass is 251 g/mol. The number of aromatic nitrogens is 2. The van der Waals surface area contributed by atoms with Crippen molar-refractivity contribution in [1.82, 2.24) is 9.97 Å². The molecule has 0 atom stereocenters. The molecule has 0 amide bonds. The molecule has 0 aliphatic heterocycles. The maximum absolute atomic E-state index is 4.24. The smallest absolute Gasteiger partial charge is 0.130 e. The Morgan fingerprint density at radius 3 is 3.12 bits per heavy atom. The molecular formula is C11H13N3S2. The van der Waals surface area contributed by atoms with Crippen LogP contribution in [0.4, 0.5) is 5.82 Å². The number of nitrogens with one attached hydrogen (secondary N) is 1. The van der Waals surface area contributed by atoms with Crippen molar-refractivity contribution in [2.24, 2.45) is 0 Å². The average Bonchev–Trinajstić information content (AvgIpc) is 2.80. The van der Waals surface area contributed by atoms with Crippen molar-refractivity contribution < 1.29 is 0 Å². The first-order chi connectivity index (χ1) is 7.88. The third kappa shape index (κ3) is 3.21. The summed E-state index contributed by atoms with van der Waals surface area (Å²) < 4.78 is 1.25. The molecule has 84 valence electrons. The van der Waals surface area contributed by atoms with Gasteiger partial charge in [-0.2, -0.15) is 0 Å². The fraction of sp³-hybridized carbons (Fsp3) is 0.273. The molecule has 2 aromatic heterocycles. The summed E-state index contributed by atoms with van der Waals surface area (Å²) in [4.78, 5) is 8.41. The lowest BCUT2D eigenvalue weighted by atomic mass is 10.4. The number of anilines is 1. The standard InChI is InChI=1S/C11H13N3S2/c1-2-5-12-9-7-10(14-8-13-9)16-11-4-3-6-15-11/h3-4,6-8H,2,5H2,1H3,(H,12,13,14). The molecule has 16 heavy (non-hydrogen) atoms. The first kappa shape index (κ1) is 11.4. The Morgan fingerprint density at radius 2 is 2.38 bits per heavy atom. The molecule has 5 heteroatoms. The number of thiophene rings is 1. The van der Waals surface area contributed by atoms with Crippen LogP contribution in [-0.2, 0) is 0 Å². The Bertz CT molecular complexity index is 429. The highest BCUT2D eigenvalue weighted by Gasteiger charge is 2.01. The van der Waals surface area contributed by atoms with Gasteiger partial charge in [0.05, 0.1) is 4.21 Å². The van der Waals surface area contributed by atoms with Crippen LogP contribution in [0, 0.1) is 0 Å². The molecule has 0 spiro atoms. The Morgan fingerprint density at radius 1 is 1.44 bits per heavy atom. The third-order valence-corrected chi connectivity index (χ3v) is 3.87. The van der Waals surface area contributed by atoms with Crippen molar-refractivity contribution in [2.45, 2.75) is 22.6 Å². The minimum atomic E-state index is 0.899. The molecule has 0 unspecified atom stereocenters. The summed E-state index contributed by atoms with van der Waals surface area (Å²) in [5, 5.41) is 6.30. The Hall–Kier alpha value is -1.07. The van der Waals surface area contributed by atoms with Crippen molar-refractivity contribution in [2.75, 3.05) is 11.9 Å². The second kappa shape index (κ2) is 5.86. The molecule has 0 fully saturated rings. The van der Waals surface area contributed by atoms with Crippen LogP contribution in [0.3, 0.4) is 0 Å². The average molecular weight is 251 g/mol. The molecule has 0 saturated carbocycles. The zero-order valence-electron chi connectivity index (χ0n) is 9.01. The number of hydrogen-bond donors (Lipinski definition) is 1. The van der Waals surface area contributed by atoms with E-state index in [2.05, 4.69) is 33.7 Å². The quantitative estimate of drug-likeness (QED) is 0.825. The maximum atomic E-state index is 4.24. The van der Waals surface area contributed by atoms with E-state index in [0.717, 1.165) is 23.8 Å². The van der Waals surface area contributed by atoms with Crippen LogP contribution < -0.4 is 5.32 Å². The van der Waals surface area contributed by atoms with E-state index >= 15 is 0 Å². The van der Waals surface area contributed by atoms with Gasteiger partial charge in [0.2, 0.25) is 0 Å². The van der Waals surface area contributed by atoms with Gasteiger partial charge < -0.3 is 5.32 Å². The van der Waals surface area contributed by atoms with Crippen LogP contribution in [0.1, 0.15) is 13.3 Å². The van der Waals surface area contributed by atoms with Crippen molar-refractivity contribution in [3.8, 4) is 0 Å². The summed E-state index contributed by atoms with van der Waals surface area (Å²) in [7, 11) is 0. The second-order valence-corrected chi connectivity index (χ2v) is 5.47. The number of rotatable bonds is 5. The van der Waals surface area contributed by atoms with Gasteiger partial charge in [-0.05, 0) is 17.9 Å². The van der Waals surface area contributed by atoms with Gasteiger partial charge in [0.25, 0.3) is 0 Å². The second-order valence-electron chi connectivity index (χ2n) is 3.20. The highest BCUT2D eigenvalue weighted by Crippen LogP contribution is 2.30. The van der Waals surface area contributed by atoms with Gasteiger partial charge in [0.15, 0.2) is 0 Å². The molecule has 0 aromatic carbocycles. The van der Waals surface area contributed by atoms with E-state index in [1.807, 2.05) is 12.1 Å². The lowest BCUT2D eigenvalue weighted by Crippen LogP contribution is -2.02. The zero-order chi connectivity index (χ0) is 11.2. The highest BCUT2D eigenvalue weighted by atomic mass is 32.2. The molecule has 3 nitrogen and oxygen atoms in total. The largest absolute Gasteiger partial charge is 0.370 e. The summed E-state index contributed by atoms with van der Waals surface area (Å²) in [5.41, 5.74) is 0. The minimum absolute atomic E-state index is 0.899. The van der Waals surface area contributed by atoms with Gasteiger partial charge in [-0.15, -0.1) is 11.3 Å². The van der Waals surface area contributed by atoms with Crippen molar-refractivity contribution in [3.05, 3.63) is 29.9 Å². The lowest BCUT2D eigenvalue weighted by Gasteiger charge is -2.04. The van der Waals surface area contributed by atoms with Gasteiger partial charge >= 0.3 is 0 Å². The first-order valence-corrected chi connectivity index (χ1v) is 6.85. The fourth-order valence-corrected chi connectivity index (χ4v) is 2.86. The van der Waals surface area contributed by atoms with Crippen molar-refractivity contribution >= 4 is 28.9 Å². The van der Waals surface area contributed by atoms with Gasteiger partial charge in [0, 0.05) is 12.6 Å². The highest BCUT2D eigenvalue weighted by molar-refractivity contribution is 8.01. The van der Waals surface area contributed by atoms with E-state index in [1.54, 1.807) is 29.4 Å². The van der Waals surface area contributed by atoms with Gasteiger partial charge in [0.1, 0.15) is 17.2 Å². The SMILES string of the molecule is CCCNc1cc(Sc2cccs2)ncn1. The van der Waals surface area contributed by atoms with Crippen LogP contribution in [-0.4, -0.2) is 16.5 Å².